The Morgan fingerprint density at radius 1 is 1.64 bits per heavy atom. The van der Waals surface area contributed by atoms with Crippen molar-refractivity contribution >= 4 is 11.3 Å². The molecule has 1 atom stereocenters. The van der Waals surface area contributed by atoms with E-state index in [4.69, 9.17) is 5.11 Å². The van der Waals surface area contributed by atoms with Gasteiger partial charge in [-0.2, -0.15) is 0 Å². The number of alkyl halides is 2. The number of rotatable bonds is 5. The van der Waals surface area contributed by atoms with Crippen LogP contribution in [0.2, 0.25) is 0 Å². The molecule has 0 aromatic carbocycles. The van der Waals surface area contributed by atoms with Gasteiger partial charge >= 0.3 is 0 Å². The standard InChI is InChI=1S/C8H12F2N2OS/c1-5-12-3-6(14-5)2-11-4-7(13)8(9)10/h3,7-8,11,13H,2,4H2,1H3. The fourth-order valence-corrected chi connectivity index (χ4v) is 1.68. The van der Waals surface area contributed by atoms with Crippen molar-refractivity contribution in [2.45, 2.75) is 26.0 Å². The molecule has 1 aromatic heterocycles. The van der Waals surface area contributed by atoms with E-state index < -0.39 is 12.5 Å². The number of hydrogen-bond donors (Lipinski definition) is 2. The van der Waals surface area contributed by atoms with E-state index in [2.05, 4.69) is 10.3 Å². The van der Waals surface area contributed by atoms with Gasteiger partial charge in [-0.25, -0.2) is 13.8 Å². The van der Waals surface area contributed by atoms with Crippen LogP contribution in [0.3, 0.4) is 0 Å². The maximum atomic E-state index is 11.9. The van der Waals surface area contributed by atoms with Crippen LogP contribution in [0, 0.1) is 6.92 Å². The van der Waals surface area contributed by atoms with Crippen molar-refractivity contribution in [3.05, 3.63) is 16.1 Å². The van der Waals surface area contributed by atoms with Crippen LogP contribution < -0.4 is 5.32 Å². The van der Waals surface area contributed by atoms with E-state index in [-0.39, 0.29) is 6.54 Å². The number of nitrogens with zero attached hydrogens (tertiary/aromatic N) is 1. The fourth-order valence-electron chi connectivity index (χ4n) is 0.919. The molecule has 3 nitrogen and oxygen atoms in total. The van der Waals surface area contributed by atoms with Gasteiger partial charge in [0.2, 0.25) is 0 Å². The van der Waals surface area contributed by atoms with Crippen LogP contribution in [-0.2, 0) is 6.54 Å². The smallest absolute Gasteiger partial charge is 0.265 e. The summed E-state index contributed by atoms with van der Waals surface area (Å²) in [6, 6.07) is 0. The van der Waals surface area contributed by atoms with Gasteiger partial charge in [0.25, 0.3) is 6.43 Å². The molecule has 0 fully saturated rings. The lowest BCUT2D eigenvalue weighted by molar-refractivity contribution is -0.00337. The van der Waals surface area contributed by atoms with Crippen LogP contribution in [0.25, 0.3) is 0 Å². The normalized spacial score (nSPS) is 13.5. The Morgan fingerprint density at radius 2 is 2.36 bits per heavy atom. The Morgan fingerprint density at radius 3 is 2.86 bits per heavy atom. The molecule has 2 N–H and O–H groups in total. The van der Waals surface area contributed by atoms with E-state index in [0.29, 0.717) is 6.54 Å². The largest absolute Gasteiger partial charge is 0.386 e. The second kappa shape index (κ2) is 5.33. The monoisotopic (exact) mass is 222 g/mol. The molecule has 0 aliphatic carbocycles. The third-order valence-corrected chi connectivity index (χ3v) is 2.53. The summed E-state index contributed by atoms with van der Waals surface area (Å²) in [6.45, 7) is 2.24. The molecule has 6 heteroatoms. The first-order valence-electron chi connectivity index (χ1n) is 4.18. The van der Waals surface area contributed by atoms with E-state index >= 15 is 0 Å². The molecule has 0 saturated carbocycles. The summed E-state index contributed by atoms with van der Waals surface area (Å²) in [6.07, 6.45) is -2.59. The highest BCUT2D eigenvalue weighted by atomic mass is 32.1. The maximum Gasteiger partial charge on any atom is 0.265 e. The van der Waals surface area contributed by atoms with Crippen molar-refractivity contribution < 1.29 is 13.9 Å². The van der Waals surface area contributed by atoms with Gasteiger partial charge in [-0.3, -0.25) is 0 Å². The molecule has 14 heavy (non-hydrogen) atoms. The first-order valence-corrected chi connectivity index (χ1v) is 4.99. The van der Waals surface area contributed by atoms with Gasteiger partial charge in [-0.05, 0) is 6.92 Å². The van der Waals surface area contributed by atoms with Crippen molar-refractivity contribution in [1.29, 1.82) is 0 Å². The van der Waals surface area contributed by atoms with Crippen molar-refractivity contribution in [3.8, 4) is 0 Å². The van der Waals surface area contributed by atoms with Crippen molar-refractivity contribution in [1.82, 2.24) is 10.3 Å². The molecular formula is C8H12F2N2OS. The van der Waals surface area contributed by atoms with Crippen molar-refractivity contribution in [2.75, 3.05) is 6.54 Å². The number of aryl methyl sites for hydroxylation is 1. The van der Waals surface area contributed by atoms with E-state index in [1.54, 1.807) is 6.20 Å². The van der Waals surface area contributed by atoms with Gasteiger partial charge in [0.15, 0.2) is 0 Å². The van der Waals surface area contributed by atoms with Gasteiger partial charge in [0.1, 0.15) is 6.10 Å². The Kier molecular flexibility index (Phi) is 4.37. The van der Waals surface area contributed by atoms with Gasteiger partial charge in [-0.1, -0.05) is 0 Å². The lowest BCUT2D eigenvalue weighted by atomic mass is 10.3. The first kappa shape index (κ1) is 11.5. The minimum Gasteiger partial charge on any atom is -0.386 e. The second-order valence-corrected chi connectivity index (χ2v) is 4.20. The number of nitrogens with one attached hydrogen (secondary N) is 1. The predicted molar refractivity (Wildman–Crippen MR) is 50.6 cm³/mol. The van der Waals surface area contributed by atoms with E-state index in [1.807, 2.05) is 6.92 Å². The zero-order valence-electron chi connectivity index (χ0n) is 7.70. The third-order valence-electron chi connectivity index (χ3n) is 1.61. The van der Waals surface area contributed by atoms with Gasteiger partial charge < -0.3 is 10.4 Å². The summed E-state index contributed by atoms with van der Waals surface area (Å²) in [5, 5.41) is 12.5. The van der Waals surface area contributed by atoms with Crippen LogP contribution in [0.15, 0.2) is 6.20 Å². The summed E-state index contributed by atoms with van der Waals surface area (Å²) >= 11 is 1.51. The summed E-state index contributed by atoms with van der Waals surface area (Å²) in [4.78, 5) is 4.99. The predicted octanol–water partition coefficient (Wildman–Crippen LogP) is 1.17. The number of hydrogen-bond acceptors (Lipinski definition) is 4. The molecule has 0 aliphatic rings. The lowest BCUT2D eigenvalue weighted by Gasteiger charge is -2.09. The quantitative estimate of drug-likeness (QED) is 0.786. The van der Waals surface area contributed by atoms with Crippen LogP contribution in [-0.4, -0.2) is 29.2 Å². The highest BCUT2D eigenvalue weighted by Gasteiger charge is 2.15. The summed E-state index contributed by atoms with van der Waals surface area (Å²) in [7, 11) is 0. The number of aliphatic hydroxyl groups is 1. The number of aromatic nitrogens is 1. The van der Waals surface area contributed by atoms with Crippen LogP contribution in [0.4, 0.5) is 8.78 Å². The highest BCUT2D eigenvalue weighted by molar-refractivity contribution is 7.11. The lowest BCUT2D eigenvalue weighted by Crippen LogP contribution is -2.31. The molecule has 0 spiro atoms. The zero-order valence-corrected chi connectivity index (χ0v) is 8.52. The summed E-state index contributed by atoms with van der Waals surface area (Å²) < 4.78 is 23.7. The highest BCUT2D eigenvalue weighted by Crippen LogP contribution is 2.10. The Balaban J connectivity index is 2.22. The zero-order chi connectivity index (χ0) is 10.6. The molecule has 1 unspecified atom stereocenters. The van der Waals surface area contributed by atoms with Gasteiger partial charge in [0, 0.05) is 24.2 Å². The van der Waals surface area contributed by atoms with Crippen LogP contribution >= 0.6 is 11.3 Å². The molecule has 0 amide bonds. The minimum atomic E-state index is -2.69. The van der Waals surface area contributed by atoms with Crippen molar-refractivity contribution in [3.63, 3.8) is 0 Å². The fraction of sp³-hybridized carbons (Fsp3) is 0.625. The average Bonchev–Trinajstić information content (AvgIpc) is 2.51. The van der Waals surface area contributed by atoms with Crippen LogP contribution in [0.5, 0.6) is 0 Å². The summed E-state index contributed by atoms with van der Waals surface area (Å²) in [5.41, 5.74) is 0. The first-order chi connectivity index (χ1) is 6.59. The summed E-state index contributed by atoms with van der Waals surface area (Å²) in [5.74, 6) is 0. The topological polar surface area (TPSA) is 45.2 Å². The molecule has 0 aliphatic heterocycles. The molecule has 0 radical (unpaired) electrons. The van der Waals surface area contributed by atoms with E-state index in [9.17, 15) is 8.78 Å². The van der Waals surface area contributed by atoms with E-state index in [0.717, 1.165) is 9.88 Å². The molecule has 1 heterocycles. The number of aliphatic hydroxyl groups excluding tert-OH is 1. The molecule has 0 bridgehead atoms. The second-order valence-electron chi connectivity index (χ2n) is 2.88. The van der Waals surface area contributed by atoms with E-state index in [1.165, 1.54) is 11.3 Å². The molecule has 1 rings (SSSR count). The molecule has 0 saturated heterocycles. The number of thiazole rings is 1. The minimum absolute atomic E-state index is 0.103. The van der Waals surface area contributed by atoms with Gasteiger partial charge in [0.05, 0.1) is 5.01 Å². The molecule has 80 valence electrons. The number of halogens is 2. The van der Waals surface area contributed by atoms with Gasteiger partial charge in [-0.15, -0.1) is 11.3 Å². The third kappa shape index (κ3) is 3.65. The Hall–Kier alpha value is -0.590. The average molecular weight is 222 g/mol. The van der Waals surface area contributed by atoms with Crippen molar-refractivity contribution in [2.24, 2.45) is 0 Å². The molecule has 1 aromatic rings. The maximum absolute atomic E-state index is 11.9. The molecular weight excluding hydrogens is 210 g/mol. The Bertz CT molecular complexity index is 280. The SMILES string of the molecule is Cc1ncc(CNCC(O)C(F)F)s1. The Labute approximate surface area is 84.8 Å². The van der Waals surface area contributed by atoms with Crippen LogP contribution in [0.1, 0.15) is 9.88 Å².